The van der Waals surface area contributed by atoms with Gasteiger partial charge in [0.2, 0.25) is 0 Å². The van der Waals surface area contributed by atoms with E-state index in [4.69, 9.17) is 4.74 Å². The zero-order chi connectivity index (χ0) is 19.2. The number of carbonyl (C=O) groups is 1. The molecule has 27 heavy (non-hydrogen) atoms. The van der Waals surface area contributed by atoms with Gasteiger partial charge in [0.1, 0.15) is 11.6 Å². The van der Waals surface area contributed by atoms with Crippen molar-refractivity contribution in [2.45, 2.75) is 26.9 Å². The maximum absolute atomic E-state index is 12.4. The Morgan fingerprint density at radius 2 is 1.74 bits per heavy atom. The molecule has 1 heterocycles. The van der Waals surface area contributed by atoms with Gasteiger partial charge >= 0.3 is 0 Å². The van der Waals surface area contributed by atoms with Gasteiger partial charge in [-0.15, -0.1) is 0 Å². The van der Waals surface area contributed by atoms with Crippen LogP contribution in [-0.2, 0) is 0 Å². The normalized spacial score (nSPS) is 10.5. The first-order chi connectivity index (χ1) is 13.0. The van der Waals surface area contributed by atoms with Gasteiger partial charge in [-0.1, -0.05) is 18.2 Å². The highest BCUT2D eigenvalue weighted by atomic mass is 16.5. The molecular formula is C22H23N3O2. The molecule has 1 aromatic heterocycles. The van der Waals surface area contributed by atoms with E-state index in [2.05, 4.69) is 15.6 Å². The molecule has 1 amide bonds. The molecule has 0 aliphatic rings. The number of anilines is 3. The summed E-state index contributed by atoms with van der Waals surface area (Å²) in [6, 6.07) is 18.9. The molecule has 2 N–H and O–H groups in total. The van der Waals surface area contributed by atoms with Crippen molar-refractivity contribution < 1.29 is 9.53 Å². The summed E-state index contributed by atoms with van der Waals surface area (Å²) in [4.78, 5) is 16.7. The molecule has 0 saturated carbocycles. The Hall–Kier alpha value is -3.34. The molecule has 0 atom stereocenters. The van der Waals surface area contributed by atoms with Crippen molar-refractivity contribution in [3.8, 4) is 5.75 Å². The maximum Gasteiger partial charge on any atom is 0.257 e. The van der Waals surface area contributed by atoms with E-state index >= 15 is 0 Å². The van der Waals surface area contributed by atoms with E-state index < -0.39 is 0 Å². The molecule has 138 valence electrons. The van der Waals surface area contributed by atoms with E-state index in [1.807, 2.05) is 69.3 Å². The van der Waals surface area contributed by atoms with Crippen LogP contribution in [0.5, 0.6) is 5.75 Å². The molecule has 3 aromatic rings. The van der Waals surface area contributed by atoms with Gasteiger partial charge < -0.3 is 15.4 Å². The zero-order valence-corrected chi connectivity index (χ0v) is 15.7. The average molecular weight is 361 g/mol. The first-order valence-electron chi connectivity index (χ1n) is 8.88. The summed E-state index contributed by atoms with van der Waals surface area (Å²) in [7, 11) is 0. The Kier molecular flexibility index (Phi) is 5.71. The van der Waals surface area contributed by atoms with E-state index in [0.717, 1.165) is 22.7 Å². The van der Waals surface area contributed by atoms with Gasteiger partial charge in [0.15, 0.2) is 0 Å². The number of nitrogens with zero attached hydrogens (tertiary/aromatic N) is 1. The predicted molar refractivity (Wildman–Crippen MR) is 109 cm³/mol. The van der Waals surface area contributed by atoms with Gasteiger partial charge in [-0.05, 0) is 68.8 Å². The van der Waals surface area contributed by atoms with Crippen molar-refractivity contribution in [3.05, 3.63) is 78.0 Å². The summed E-state index contributed by atoms with van der Waals surface area (Å²) in [6.07, 6.45) is 1.70. The quantitative estimate of drug-likeness (QED) is 0.635. The fourth-order valence-corrected chi connectivity index (χ4v) is 2.55. The number of aryl methyl sites for hydroxylation is 1. The Morgan fingerprint density at radius 1 is 1.00 bits per heavy atom. The van der Waals surface area contributed by atoms with Crippen LogP contribution in [-0.4, -0.2) is 17.0 Å². The molecule has 0 unspecified atom stereocenters. The van der Waals surface area contributed by atoms with E-state index in [9.17, 15) is 4.79 Å². The first-order valence-corrected chi connectivity index (χ1v) is 8.88. The number of hydrogen-bond donors (Lipinski definition) is 2. The number of carbonyl (C=O) groups excluding carboxylic acids is 1. The largest absolute Gasteiger partial charge is 0.491 e. The van der Waals surface area contributed by atoms with Crippen LogP contribution >= 0.6 is 0 Å². The number of para-hydroxylation sites is 1. The monoisotopic (exact) mass is 361 g/mol. The van der Waals surface area contributed by atoms with Crippen molar-refractivity contribution in [3.63, 3.8) is 0 Å². The van der Waals surface area contributed by atoms with Gasteiger partial charge in [0, 0.05) is 17.6 Å². The third kappa shape index (κ3) is 5.07. The number of aromatic nitrogens is 1. The molecule has 0 aliphatic heterocycles. The van der Waals surface area contributed by atoms with Crippen LogP contribution < -0.4 is 15.4 Å². The number of benzene rings is 2. The highest BCUT2D eigenvalue weighted by molar-refractivity contribution is 6.04. The number of hydrogen-bond acceptors (Lipinski definition) is 4. The van der Waals surface area contributed by atoms with Crippen molar-refractivity contribution >= 4 is 23.1 Å². The molecule has 5 nitrogen and oxygen atoms in total. The number of amides is 1. The first kappa shape index (κ1) is 18.5. The van der Waals surface area contributed by atoms with Crippen LogP contribution in [0.25, 0.3) is 0 Å². The molecular weight excluding hydrogens is 338 g/mol. The summed E-state index contributed by atoms with van der Waals surface area (Å²) >= 11 is 0. The minimum atomic E-state index is -0.182. The van der Waals surface area contributed by atoms with Crippen LogP contribution in [0.1, 0.15) is 29.8 Å². The Balaban J connectivity index is 1.63. The van der Waals surface area contributed by atoms with Crippen molar-refractivity contribution in [2.75, 3.05) is 10.6 Å². The molecule has 0 bridgehead atoms. The molecule has 0 saturated heterocycles. The summed E-state index contributed by atoms with van der Waals surface area (Å²) in [5.74, 6) is 1.31. The third-order valence-electron chi connectivity index (χ3n) is 3.92. The smallest absolute Gasteiger partial charge is 0.257 e. The molecule has 3 rings (SSSR count). The lowest BCUT2D eigenvalue weighted by Gasteiger charge is -2.11. The van der Waals surface area contributed by atoms with E-state index in [1.165, 1.54) is 0 Å². The second-order valence-electron chi connectivity index (χ2n) is 6.52. The lowest BCUT2D eigenvalue weighted by molar-refractivity contribution is 0.102. The minimum absolute atomic E-state index is 0.142. The topological polar surface area (TPSA) is 63.2 Å². The standard InChI is InChI=1S/C22H23N3O2/c1-15(2)27-19-11-9-18(10-12-19)24-21-13-8-17(14-23-21)22(26)25-20-7-5-4-6-16(20)3/h4-15H,1-3H3,(H,23,24)(H,25,26). The molecule has 2 aromatic carbocycles. The second-order valence-corrected chi connectivity index (χ2v) is 6.52. The lowest BCUT2D eigenvalue weighted by Crippen LogP contribution is -2.13. The fourth-order valence-electron chi connectivity index (χ4n) is 2.55. The number of nitrogens with one attached hydrogen (secondary N) is 2. The van der Waals surface area contributed by atoms with Gasteiger partial charge in [-0.2, -0.15) is 0 Å². The number of ether oxygens (including phenoxy) is 1. The van der Waals surface area contributed by atoms with E-state index in [-0.39, 0.29) is 12.0 Å². The highest BCUT2D eigenvalue weighted by Gasteiger charge is 2.08. The van der Waals surface area contributed by atoms with Gasteiger partial charge in [0.25, 0.3) is 5.91 Å². The maximum atomic E-state index is 12.4. The van der Waals surface area contributed by atoms with E-state index in [0.29, 0.717) is 11.4 Å². The molecule has 0 fully saturated rings. The van der Waals surface area contributed by atoms with Crippen LogP contribution in [0.15, 0.2) is 66.9 Å². The number of pyridine rings is 1. The van der Waals surface area contributed by atoms with Crippen molar-refractivity contribution in [1.82, 2.24) is 4.98 Å². The SMILES string of the molecule is Cc1ccccc1NC(=O)c1ccc(Nc2ccc(OC(C)C)cc2)nc1. The van der Waals surface area contributed by atoms with Crippen LogP contribution in [0.2, 0.25) is 0 Å². The van der Waals surface area contributed by atoms with E-state index in [1.54, 1.807) is 18.3 Å². The fraction of sp³-hybridized carbons (Fsp3) is 0.182. The van der Waals surface area contributed by atoms with Gasteiger partial charge in [-0.25, -0.2) is 4.98 Å². The highest BCUT2D eigenvalue weighted by Crippen LogP contribution is 2.20. The Bertz CT molecular complexity index is 904. The molecule has 5 heteroatoms. The summed E-state index contributed by atoms with van der Waals surface area (Å²) < 4.78 is 5.63. The average Bonchev–Trinajstić information content (AvgIpc) is 2.65. The van der Waals surface area contributed by atoms with Crippen molar-refractivity contribution in [2.24, 2.45) is 0 Å². The Morgan fingerprint density at radius 3 is 2.37 bits per heavy atom. The zero-order valence-electron chi connectivity index (χ0n) is 15.7. The summed E-state index contributed by atoms with van der Waals surface area (Å²) in [5.41, 5.74) is 3.22. The Labute approximate surface area is 159 Å². The summed E-state index contributed by atoms with van der Waals surface area (Å²) in [5, 5.41) is 6.12. The predicted octanol–water partition coefficient (Wildman–Crippen LogP) is 5.17. The number of rotatable bonds is 6. The van der Waals surface area contributed by atoms with Crippen LogP contribution in [0.3, 0.4) is 0 Å². The van der Waals surface area contributed by atoms with Crippen molar-refractivity contribution in [1.29, 1.82) is 0 Å². The minimum Gasteiger partial charge on any atom is -0.491 e. The summed E-state index contributed by atoms with van der Waals surface area (Å²) in [6.45, 7) is 5.94. The second kappa shape index (κ2) is 8.36. The van der Waals surface area contributed by atoms with Gasteiger partial charge in [-0.3, -0.25) is 4.79 Å². The van der Waals surface area contributed by atoms with Gasteiger partial charge in [0.05, 0.1) is 11.7 Å². The molecule has 0 radical (unpaired) electrons. The molecule has 0 aliphatic carbocycles. The third-order valence-corrected chi connectivity index (χ3v) is 3.92. The molecule has 0 spiro atoms. The lowest BCUT2D eigenvalue weighted by atomic mass is 10.2. The van der Waals surface area contributed by atoms with Crippen LogP contribution in [0, 0.1) is 6.92 Å². The van der Waals surface area contributed by atoms with Crippen LogP contribution in [0.4, 0.5) is 17.2 Å².